The standard InChI is InChI=1S/C19H17ClN4O3/c20-15-4-1-3-14(11-15)17-5-2-10-23(17)12-18-21-22-19(27-18)13-6-8-16(9-7-13)24(25)26/h1,3-4,6-9,11,17H,2,5,10,12H2. The van der Waals surface area contributed by atoms with Gasteiger partial charge in [0.1, 0.15) is 0 Å². The summed E-state index contributed by atoms with van der Waals surface area (Å²) in [5.74, 6) is 0.885. The second-order valence-corrected chi connectivity index (χ2v) is 6.92. The van der Waals surface area contributed by atoms with Crippen LogP contribution in [0.25, 0.3) is 11.5 Å². The molecule has 1 saturated heterocycles. The summed E-state index contributed by atoms with van der Waals surface area (Å²) < 4.78 is 5.78. The predicted octanol–water partition coefficient (Wildman–Crippen LogP) is 4.64. The van der Waals surface area contributed by atoms with Crippen molar-refractivity contribution in [1.29, 1.82) is 0 Å². The Labute approximate surface area is 160 Å². The van der Waals surface area contributed by atoms with Crippen LogP contribution in [0.3, 0.4) is 0 Å². The molecule has 3 aromatic rings. The van der Waals surface area contributed by atoms with Crippen molar-refractivity contribution in [1.82, 2.24) is 15.1 Å². The molecular weight excluding hydrogens is 368 g/mol. The second-order valence-electron chi connectivity index (χ2n) is 6.49. The van der Waals surface area contributed by atoms with Gasteiger partial charge in [0.25, 0.3) is 5.69 Å². The Kier molecular flexibility index (Phi) is 4.87. The summed E-state index contributed by atoms with van der Waals surface area (Å²) in [7, 11) is 0. The summed E-state index contributed by atoms with van der Waals surface area (Å²) in [6, 6.07) is 14.3. The van der Waals surface area contributed by atoms with Gasteiger partial charge in [-0.05, 0) is 49.2 Å². The smallest absolute Gasteiger partial charge is 0.269 e. The highest BCUT2D eigenvalue weighted by atomic mass is 35.5. The molecule has 0 radical (unpaired) electrons. The molecule has 1 unspecified atom stereocenters. The fourth-order valence-corrected chi connectivity index (χ4v) is 3.64. The van der Waals surface area contributed by atoms with Crippen molar-refractivity contribution >= 4 is 17.3 Å². The van der Waals surface area contributed by atoms with Crippen LogP contribution in [0, 0.1) is 10.1 Å². The number of non-ortho nitro benzene ring substituents is 1. The van der Waals surface area contributed by atoms with E-state index >= 15 is 0 Å². The number of aromatic nitrogens is 2. The van der Waals surface area contributed by atoms with E-state index in [2.05, 4.69) is 21.2 Å². The summed E-state index contributed by atoms with van der Waals surface area (Å²) in [5.41, 5.74) is 1.88. The Balaban J connectivity index is 1.49. The average molecular weight is 385 g/mol. The molecule has 138 valence electrons. The van der Waals surface area contributed by atoms with Crippen LogP contribution in [-0.4, -0.2) is 26.6 Å². The highest BCUT2D eigenvalue weighted by Gasteiger charge is 2.27. The molecule has 0 aliphatic carbocycles. The van der Waals surface area contributed by atoms with Crippen LogP contribution in [-0.2, 0) is 6.54 Å². The van der Waals surface area contributed by atoms with Gasteiger partial charge in [0.2, 0.25) is 11.8 Å². The Morgan fingerprint density at radius 1 is 1.22 bits per heavy atom. The monoisotopic (exact) mass is 384 g/mol. The first-order valence-electron chi connectivity index (χ1n) is 8.67. The van der Waals surface area contributed by atoms with Crippen LogP contribution in [0.2, 0.25) is 5.02 Å². The summed E-state index contributed by atoms with van der Waals surface area (Å²) in [6.07, 6.45) is 2.16. The number of nitrogens with zero attached hydrogens (tertiary/aromatic N) is 4. The van der Waals surface area contributed by atoms with Gasteiger partial charge in [-0.15, -0.1) is 10.2 Å². The topological polar surface area (TPSA) is 85.3 Å². The lowest BCUT2D eigenvalue weighted by atomic mass is 10.0. The molecule has 1 fully saturated rings. The van der Waals surface area contributed by atoms with Crippen LogP contribution in [0.15, 0.2) is 52.9 Å². The zero-order valence-electron chi connectivity index (χ0n) is 14.4. The molecule has 1 atom stereocenters. The molecular formula is C19H17ClN4O3. The largest absolute Gasteiger partial charge is 0.419 e. The van der Waals surface area contributed by atoms with Gasteiger partial charge in [0, 0.05) is 28.8 Å². The minimum absolute atomic E-state index is 0.0277. The maximum Gasteiger partial charge on any atom is 0.269 e. The zero-order valence-corrected chi connectivity index (χ0v) is 15.2. The fourth-order valence-electron chi connectivity index (χ4n) is 3.44. The van der Waals surface area contributed by atoms with E-state index < -0.39 is 4.92 Å². The number of halogens is 1. The van der Waals surface area contributed by atoms with E-state index in [1.807, 2.05) is 18.2 Å². The number of rotatable bonds is 5. The van der Waals surface area contributed by atoms with Gasteiger partial charge in [0.15, 0.2) is 0 Å². The molecule has 2 heterocycles. The highest BCUT2D eigenvalue weighted by Crippen LogP contribution is 2.34. The van der Waals surface area contributed by atoms with Crippen LogP contribution >= 0.6 is 11.6 Å². The predicted molar refractivity (Wildman–Crippen MR) is 100 cm³/mol. The number of hydrogen-bond acceptors (Lipinski definition) is 6. The van der Waals surface area contributed by atoms with Crippen molar-refractivity contribution in [3.63, 3.8) is 0 Å². The van der Waals surface area contributed by atoms with E-state index in [1.54, 1.807) is 12.1 Å². The summed E-state index contributed by atoms with van der Waals surface area (Å²) in [4.78, 5) is 12.6. The van der Waals surface area contributed by atoms with Crippen LogP contribution in [0.5, 0.6) is 0 Å². The SMILES string of the molecule is O=[N+]([O-])c1ccc(-c2nnc(CN3CCCC3c3cccc(Cl)c3)o2)cc1. The lowest BCUT2D eigenvalue weighted by Crippen LogP contribution is -2.22. The van der Waals surface area contributed by atoms with E-state index in [-0.39, 0.29) is 11.7 Å². The summed E-state index contributed by atoms with van der Waals surface area (Å²) >= 11 is 6.13. The molecule has 0 bridgehead atoms. The highest BCUT2D eigenvalue weighted by molar-refractivity contribution is 6.30. The normalized spacial score (nSPS) is 17.3. The lowest BCUT2D eigenvalue weighted by molar-refractivity contribution is -0.384. The Bertz CT molecular complexity index is 958. The number of hydrogen-bond donors (Lipinski definition) is 0. The maximum absolute atomic E-state index is 10.8. The van der Waals surface area contributed by atoms with Crippen molar-refractivity contribution in [2.75, 3.05) is 6.54 Å². The molecule has 27 heavy (non-hydrogen) atoms. The van der Waals surface area contributed by atoms with Crippen LogP contribution in [0.1, 0.15) is 30.3 Å². The minimum atomic E-state index is -0.438. The van der Waals surface area contributed by atoms with Gasteiger partial charge in [-0.2, -0.15) is 0 Å². The fraction of sp³-hybridized carbons (Fsp3) is 0.263. The van der Waals surface area contributed by atoms with Crippen molar-refractivity contribution < 1.29 is 9.34 Å². The first-order chi connectivity index (χ1) is 13.1. The quantitative estimate of drug-likeness (QED) is 0.470. The third-order valence-corrected chi connectivity index (χ3v) is 4.96. The molecule has 4 rings (SSSR count). The molecule has 8 heteroatoms. The van der Waals surface area contributed by atoms with E-state index in [9.17, 15) is 10.1 Å². The molecule has 0 saturated carbocycles. The second kappa shape index (κ2) is 7.46. The van der Waals surface area contributed by atoms with Crippen molar-refractivity contribution in [3.8, 4) is 11.5 Å². The van der Waals surface area contributed by atoms with E-state index in [0.29, 0.717) is 23.9 Å². The van der Waals surface area contributed by atoms with Crippen molar-refractivity contribution in [2.24, 2.45) is 0 Å². The number of nitro groups is 1. The molecule has 0 N–H and O–H groups in total. The number of nitro benzene ring substituents is 1. The van der Waals surface area contributed by atoms with Gasteiger partial charge >= 0.3 is 0 Å². The number of benzene rings is 2. The van der Waals surface area contributed by atoms with Crippen LogP contribution < -0.4 is 0 Å². The maximum atomic E-state index is 10.8. The first-order valence-corrected chi connectivity index (χ1v) is 9.05. The van der Waals surface area contributed by atoms with E-state index in [4.69, 9.17) is 16.0 Å². The molecule has 0 spiro atoms. The molecule has 7 nitrogen and oxygen atoms in total. The summed E-state index contributed by atoms with van der Waals surface area (Å²) in [5, 5.41) is 19.7. The first kappa shape index (κ1) is 17.6. The number of likely N-dealkylation sites (tertiary alicyclic amines) is 1. The third-order valence-electron chi connectivity index (χ3n) is 4.73. The van der Waals surface area contributed by atoms with Gasteiger partial charge in [-0.3, -0.25) is 15.0 Å². The van der Waals surface area contributed by atoms with Crippen molar-refractivity contribution in [2.45, 2.75) is 25.4 Å². The molecule has 1 aliphatic rings. The Morgan fingerprint density at radius 3 is 2.78 bits per heavy atom. The summed E-state index contributed by atoms with van der Waals surface area (Å²) in [6.45, 7) is 1.50. The van der Waals surface area contributed by atoms with Crippen LogP contribution in [0.4, 0.5) is 5.69 Å². The van der Waals surface area contributed by atoms with Crippen molar-refractivity contribution in [3.05, 3.63) is 75.1 Å². The molecule has 1 aromatic heterocycles. The van der Waals surface area contributed by atoms with Gasteiger partial charge in [-0.1, -0.05) is 23.7 Å². The Hall–Kier alpha value is -2.77. The van der Waals surface area contributed by atoms with E-state index in [1.165, 1.54) is 17.7 Å². The molecule has 2 aromatic carbocycles. The third kappa shape index (κ3) is 3.84. The van der Waals surface area contributed by atoms with E-state index in [0.717, 1.165) is 24.4 Å². The zero-order chi connectivity index (χ0) is 18.8. The van der Waals surface area contributed by atoms with Gasteiger partial charge in [0.05, 0.1) is 11.5 Å². The molecule has 0 amide bonds. The Morgan fingerprint density at radius 2 is 2.04 bits per heavy atom. The molecule has 1 aliphatic heterocycles. The average Bonchev–Trinajstić information content (AvgIpc) is 3.32. The minimum Gasteiger partial charge on any atom is -0.419 e. The lowest BCUT2D eigenvalue weighted by Gasteiger charge is -2.23. The van der Waals surface area contributed by atoms with Gasteiger partial charge < -0.3 is 4.42 Å². The van der Waals surface area contributed by atoms with Gasteiger partial charge in [-0.25, -0.2) is 0 Å².